The van der Waals surface area contributed by atoms with Gasteiger partial charge in [0.25, 0.3) is 0 Å². The van der Waals surface area contributed by atoms with Crippen LogP contribution in [0.2, 0.25) is 0 Å². The minimum atomic E-state index is -0.171. The fourth-order valence-corrected chi connectivity index (χ4v) is 3.49. The van der Waals surface area contributed by atoms with Crippen molar-refractivity contribution in [3.05, 3.63) is 30.3 Å². The number of likely N-dealkylation sites (tertiary alicyclic amines) is 1. The van der Waals surface area contributed by atoms with Crippen LogP contribution in [0.25, 0.3) is 0 Å². The topological polar surface area (TPSA) is 42.0 Å². The van der Waals surface area contributed by atoms with Gasteiger partial charge in [-0.1, -0.05) is 24.6 Å². The van der Waals surface area contributed by atoms with E-state index in [0.29, 0.717) is 26.3 Å². The molecule has 0 aliphatic carbocycles. The van der Waals surface area contributed by atoms with E-state index in [0.717, 1.165) is 25.1 Å². The first-order valence-electron chi connectivity index (χ1n) is 8.62. The molecule has 1 amide bonds. The molecule has 23 heavy (non-hydrogen) atoms. The van der Waals surface area contributed by atoms with Crippen molar-refractivity contribution >= 4 is 11.6 Å². The van der Waals surface area contributed by atoms with E-state index in [9.17, 15) is 4.79 Å². The molecule has 2 aliphatic rings. The van der Waals surface area contributed by atoms with Crippen molar-refractivity contribution in [3.63, 3.8) is 0 Å². The Labute approximate surface area is 138 Å². The monoisotopic (exact) mass is 318 g/mol. The van der Waals surface area contributed by atoms with Gasteiger partial charge in [0, 0.05) is 12.2 Å². The summed E-state index contributed by atoms with van der Waals surface area (Å²) in [6.45, 7) is 5.38. The van der Waals surface area contributed by atoms with E-state index in [1.165, 1.54) is 6.42 Å². The highest BCUT2D eigenvalue weighted by molar-refractivity contribution is 5.94. The number of hydrogen-bond acceptors (Lipinski definition) is 4. The van der Waals surface area contributed by atoms with Crippen molar-refractivity contribution in [1.82, 2.24) is 4.90 Å². The summed E-state index contributed by atoms with van der Waals surface area (Å²) in [5, 5.41) is 0. The van der Waals surface area contributed by atoms with Crippen molar-refractivity contribution in [2.75, 3.05) is 37.7 Å². The maximum Gasteiger partial charge on any atom is 0.241 e. The Bertz CT molecular complexity index is 502. The van der Waals surface area contributed by atoms with Gasteiger partial charge in [0.2, 0.25) is 5.91 Å². The second-order valence-corrected chi connectivity index (χ2v) is 6.12. The van der Waals surface area contributed by atoms with Gasteiger partial charge in [0.1, 0.15) is 0 Å². The predicted molar refractivity (Wildman–Crippen MR) is 89.4 cm³/mol. The number of hydrogen-bond donors (Lipinski definition) is 0. The van der Waals surface area contributed by atoms with E-state index in [4.69, 9.17) is 9.47 Å². The minimum absolute atomic E-state index is 0.142. The lowest BCUT2D eigenvalue weighted by molar-refractivity contribution is -0.129. The zero-order valence-electron chi connectivity index (χ0n) is 13.8. The molecule has 0 unspecified atom stereocenters. The third-order valence-electron chi connectivity index (χ3n) is 4.65. The lowest BCUT2D eigenvalue weighted by Gasteiger charge is -2.38. The van der Waals surface area contributed by atoms with Gasteiger partial charge in [0.05, 0.1) is 25.8 Å². The molecule has 3 rings (SSSR count). The van der Waals surface area contributed by atoms with Crippen LogP contribution in [0.1, 0.15) is 26.2 Å². The number of anilines is 1. The van der Waals surface area contributed by atoms with E-state index in [2.05, 4.69) is 4.90 Å². The molecule has 2 saturated heterocycles. The summed E-state index contributed by atoms with van der Waals surface area (Å²) < 4.78 is 11.4. The number of likely N-dealkylation sites (N-methyl/N-ethyl adjacent to an activating group) is 1. The van der Waals surface area contributed by atoms with Crippen molar-refractivity contribution in [1.29, 1.82) is 0 Å². The first kappa shape index (κ1) is 16.4. The van der Waals surface area contributed by atoms with Crippen LogP contribution in [-0.2, 0) is 14.3 Å². The number of piperidine rings is 1. The van der Waals surface area contributed by atoms with E-state index < -0.39 is 0 Å². The summed E-state index contributed by atoms with van der Waals surface area (Å²) in [7, 11) is 0. The molecule has 0 spiro atoms. The Hall–Kier alpha value is -1.43. The van der Waals surface area contributed by atoms with Gasteiger partial charge in [-0.15, -0.1) is 0 Å². The van der Waals surface area contributed by atoms with Crippen molar-refractivity contribution in [2.24, 2.45) is 0 Å². The highest BCUT2D eigenvalue weighted by atomic mass is 16.7. The van der Waals surface area contributed by atoms with Crippen LogP contribution >= 0.6 is 0 Å². The number of nitrogens with zero attached hydrogens (tertiary/aromatic N) is 2. The molecule has 0 saturated carbocycles. The van der Waals surface area contributed by atoms with Crippen LogP contribution < -0.4 is 4.90 Å². The smallest absolute Gasteiger partial charge is 0.241 e. The SMILES string of the molecule is CCN(C(=O)CN1CCCC[C@@H]1C1OCCO1)c1ccccc1. The number of carbonyl (C=O) groups is 1. The molecule has 5 heteroatoms. The fraction of sp³-hybridized carbons (Fsp3) is 0.611. The van der Waals surface area contributed by atoms with Gasteiger partial charge >= 0.3 is 0 Å². The van der Waals surface area contributed by atoms with Gasteiger partial charge in [-0.05, 0) is 38.4 Å². The second-order valence-electron chi connectivity index (χ2n) is 6.12. The minimum Gasteiger partial charge on any atom is -0.349 e. The number of rotatable bonds is 5. The van der Waals surface area contributed by atoms with Crippen LogP contribution in [0.15, 0.2) is 30.3 Å². The van der Waals surface area contributed by atoms with Crippen molar-refractivity contribution in [2.45, 2.75) is 38.5 Å². The van der Waals surface area contributed by atoms with E-state index in [-0.39, 0.29) is 18.2 Å². The van der Waals surface area contributed by atoms with Gasteiger partial charge in [-0.2, -0.15) is 0 Å². The highest BCUT2D eigenvalue weighted by Gasteiger charge is 2.35. The molecule has 2 heterocycles. The molecule has 0 N–H and O–H groups in total. The molecule has 2 fully saturated rings. The quantitative estimate of drug-likeness (QED) is 0.835. The average molecular weight is 318 g/mol. The second kappa shape index (κ2) is 7.90. The maximum absolute atomic E-state index is 12.8. The largest absolute Gasteiger partial charge is 0.349 e. The Balaban J connectivity index is 1.66. The number of carbonyl (C=O) groups excluding carboxylic acids is 1. The van der Waals surface area contributed by atoms with Gasteiger partial charge in [-0.25, -0.2) is 0 Å². The Morgan fingerprint density at radius 2 is 1.96 bits per heavy atom. The molecule has 1 aromatic rings. The number of ether oxygens (including phenoxy) is 2. The molecule has 0 bridgehead atoms. The average Bonchev–Trinajstić information content (AvgIpc) is 3.11. The highest BCUT2D eigenvalue weighted by Crippen LogP contribution is 2.24. The third-order valence-corrected chi connectivity index (χ3v) is 4.65. The van der Waals surface area contributed by atoms with Crippen molar-refractivity contribution < 1.29 is 14.3 Å². The summed E-state index contributed by atoms with van der Waals surface area (Å²) in [5.74, 6) is 0.142. The molecular formula is C18H26N2O3. The van der Waals surface area contributed by atoms with Crippen LogP contribution in [0.5, 0.6) is 0 Å². The Kier molecular flexibility index (Phi) is 5.65. The molecular weight excluding hydrogens is 292 g/mol. The van der Waals surface area contributed by atoms with Gasteiger partial charge < -0.3 is 14.4 Å². The molecule has 5 nitrogen and oxygen atoms in total. The van der Waals surface area contributed by atoms with Crippen LogP contribution in [-0.4, -0.2) is 56.0 Å². The first-order valence-corrected chi connectivity index (χ1v) is 8.62. The zero-order chi connectivity index (χ0) is 16.1. The molecule has 2 aliphatic heterocycles. The summed E-state index contributed by atoms with van der Waals surface area (Å²) in [6.07, 6.45) is 3.17. The fourth-order valence-electron chi connectivity index (χ4n) is 3.49. The number of benzene rings is 1. The Morgan fingerprint density at radius 1 is 1.22 bits per heavy atom. The van der Waals surface area contributed by atoms with Crippen LogP contribution in [0, 0.1) is 0 Å². The van der Waals surface area contributed by atoms with Gasteiger partial charge in [0.15, 0.2) is 6.29 Å². The molecule has 1 aromatic carbocycles. The normalized spacial score (nSPS) is 23.1. The summed E-state index contributed by atoms with van der Waals surface area (Å²) in [6, 6.07) is 10.1. The third kappa shape index (κ3) is 3.91. The van der Waals surface area contributed by atoms with Crippen LogP contribution in [0.4, 0.5) is 5.69 Å². The van der Waals surface area contributed by atoms with Crippen molar-refractivity contribution in [3.8, 4) is 0 Å². The summed E-state index contributed by atoms with van der Waals surface area (Å²) >= 11 is 0. The number of para-hydroxylation sites is 1. The van der Waals surface area contributed by atoms with Gasteiger partial charge in [-0.3, -0.25) is 9.69 Å². The number of amides is 1. The summed E-state index contributed by atoms with van der Waals surface area (Å²) in [4.78, 5) is 16.9. The van der Waals surface area contributed by atoms with E-state index >= 15 is 0 Å². The van der Waals surface area contributed by atoms with Crippen LogP contribution in [0.3, 0.4) is 0 Å². The Morgan fingerprint density at radius 3 is 2.65 bits per heavy atom. The first-order chi connectivity index (χ1) is 11.3. The standard InChI is InChI=1S/C18H26N2O3/c1-2-20(15-8-4-3-5-9-15)17(21)14-19-11-7-6-10-16(19)18-22-12-13-23-18/h3-5,8-9,16,18H,2,6-7,10-14H2,1H3/t16-/m1/s1. The lowest BCUT2D eigenvalue weighted by atomic mass is 10.0. The lowest BCUT2D eigenvalue weighted by Crippen LogP contribution is -2.51. The van der Waals surface area contributed by atoms with E-state index in [1.54, 1.807) is 0 Å². The predicted octanol–water partition coefficient (Wildman–Crippen LogP) is 2.27. The summed E-state index contributed by atoms with van der Waals surface area (Å²) in [5.41, 5.74) is 0.960. The van der Waals surface area contributed by atoms with E-state index in [1.807, 2.05) is 42.2 Å². The zero-order valence-corrected chi connectivity index (χ0v) is 13.8. The molecule has 0 aromatic heterocycles. The molecule has 0 radical (unpaired) electrons. The maximum atomic E-state index is 12.8. The molecule has 126 valence electrons. The molecule has 1 atom stereocenters.